The molecule has 0 aliphatic carbocycles. The summed E-state index contributed by atoms with van der Waals surface area (Å²) in [7, 11) is 0. The summed E-state index contributed by atoms with van der Waals surface area (Å²) in [6, 6.07) is 15.4. The molecule has 0 spiro atoms. The zero-order valence-electron chi connectivity index (χ0n) is 17.3. The van der Waals surface area contributed by atoms with Crippen LogP contribution in [0.5, 0.6) is 5.75 Å². The molecule has 0 saturated carbocycles. The minimum atomic E-state index is -1.02. The number of phenolic OH excluding ortho intramolecular Hbond substituents is 1. The van der Waals surface area contributed by atoms with E-state index in [1.165, 1.54) is 4.90 Å². The van der Waals surface area contributed by atoms with Crippen LogP contribution >= 0.6 is 0 Å². The highest BCUT2D eigenvalue weighted by Crippen LogP contribution is 2.24. The second-order valence-corrected chi connectivity index (χ2v) is 8.50. The maximum absolute atomic E-state index is 12.0. The van der Waals surface area contributed by atoms with Gasteiger partial charge in [0, 0.05) is 17.6 Å². The van der Waals surface area contributed by atoms with Crippen molar-refractivity contribution < 1.29 is 20.1 Å². The maximum atomic E-state index is 12.0. The van der Waals surface area contributed by atoms with Gasteiger partial charge in [-0.05, 0) is 63.3 Å². The number of rotatable bonds is 8. The van der Waals surface area contributed by atoms with Gasteiger partial charge in [-0.15, -0.1) is 0 Å². The molecule has 158 valence electrons. The number of carbonyl (C=O) groups is 1. The fourth-order valence-electron chi connectivity index (χ4n) is 3.65. The van der Waals surface area contributed by atoms with Crippen molar-refractivity contribution in [1.29, 1.82) is 0 Å². The van der Waals surface area contributed by atoms with E-state index in [0.717, 1.165) is 11.1 Å². The molecule has 3 atom stereocenters. The van der Waals surface area contributed by atoms with Gasteiger partial charge in [-0.3, -0.25) is 0 Å². The van der Waals surface area contributed by atoms with Crippen LogP contribution in [-0.2, 0) is 12.8 Å². The summed E-state index contributed by atoms with van der Waals surface area (Å²) in [4.78, 5) is 13.5. The van der Waals surface area contributed by atoms with Gasteiger partial charge in [0.2, 0.25) is 0 Å². The van der Waals surface area contributed by atoms with Crippen LogP contribution in [-0.4, -0.2) is 50.0 Å². The van der Waals surface area contributed by atoms with Crippen LogP contribution in [0.1, 0.15) is 38.3 Å². The number of hydrogen-bond donors (Lipinski definition) is 4. The molecule has 0 aliphatic rings. The van der Waals surface area contributed by atoms with Gasteiger partial charge in [-0.2, -0.15) is 0 Å². The first kappa shape index (κ1) is 22.7. The number of aliphatic hydroxyl groups excluding tert-OH is 1. The second kappa shape index (κ2) is 9.76. The lowest BCUT2D eigenvalue weighted by Gasteiger charge is -2.41. The van der Waals surface area contributed by atoms with Crippen LogP contribution in [0.15, 0.2) is 54.6 Å². The normalized spacial score (nSPS) is 14.8. The molecule has 0 radical (unpaired) electrons. The quantitative estimate of drug-likeness (QED) is 0.543. The van der Waals surface area contributed by atoms with Crippen molar-refractivity contribution >= 4 is 6.09 Å². The molecule has 1 amide bonds. The second-order valence-electron chi connectivity index (χ2n) is 8.50. The van der Waals surface area contributed by atoms with E-state index in [1.54, 1.807) is 24.3 Å². The first-order chi connectivity index (χ1) is 13.6. The van der Waals surface area contributed by atoms with Gasteiger partial charge in [0.25, 0.3) is 0 Å². The van der Waals surface area contributed by atoms with Gasteiger partial charge in [0.05, 0.1) is 6.10 Å². The number of nitrogens with two attached hydrogens (primary N) is 1. The Balaban J connectivity index is 2.18. The summed E-state index contributed by atoms with van der Waals surface area (Å²) in [5.74, 6) is 0.174. The van der Waals surface area contributed by atoms with Crippen molar-refractivity contribution in [3.63, 3.8) is 0 Å². The number of aromatic hydroxyl groups is 1. The first-order valence-electron chi connectivity index (χ1n) is 9.85. The monoisotopic (exact) mass is 400 g/mol. The Hall–Kier alpha value is -2.57. The summed E-state index contributed by atoms with van der Waals surface area (Å²) in [6.45, 7) is 5.55. The van der Waals surface area contributed by atoms with Crippen LogP contribution in [0.3, 0.4) is 0 Å². The molecule has 0 bridgehead atoms. The number of carboxylic acid groups (broad SMARTS) is 1. The first-order valence-corrected chi connectivity index (χ1v) is 9.85. The van der Waals surface area contributed by atoms with Gasteiger partial charge in [0.1, 0.15) is 5.75 Å². The summed E-state index contributed by atoms with van der Waals surface area (Å²) in [6.07, 6.45) is -0.729. The fraction of sp³-hybridized carbons (Fsp3) is 0.435. The molecule has 6 nitrogen and oxygen atoms in total. The van der Waals surface area contributed by atoms with E-state index in [4.69, 9.17) is 5.73 Å². The van der Waals surface area contributed by atoms with Crippen molar-refractivity contribution in [2.75, 3.05) is 0 Å². The summed E-state index contributed by atoms with van der Waals surface area (Å²) in [5.41, 5.74) is 7.53. The van der Waals surface area contributed by atoms with E-state index in [-0.39, 0.29) is 12.2 Å². The van der Waals surface area contributed by atoms with Crippen LogP contribution in [0.4, 0.5) is 4.79 Å². The lowest BCUT2D eigenvalue weighted by atomic mass is 9.91. The van der Waals surface area contributed by atoms with E-state index in [0.29, 0.717) is 12.8 Å². The summed E-state index contributed by atoms with van der Waals surface area (Å²) >= 11 is 0. The third kappa shape index (κ3) is 6.76. The fourth-order valence-corrected chi connectivity index (χ4v) is 3.65. The molecular formula is C23H32N2O4. The van der Waals surface area contributed by atoms with Crippen molar-refractivity contribution in [2.24, 2.45) is 5.73 Å². The van der Waals surface area contributed by atoms with Crippen LogP contribution < -0.4 is 5.73 Å². The van der Waals surface area contributed by atoms with Crippen molar-refractivity contribution in [3.8, 4) is 5.75 Å². The Morgan fingerprint density at radius 1 is 1.00 bits per heavy atom. The lowest BCUT2D eigenvalue weighted by molar-refractivity contribution is 0.0389. The molecular weight excluding hydrogens is 368 g/mol. The molecule has 0 aromatic heterocycles. The van der Waals surface area contributed by atoms with E-state index in [1.807, 2.05) is 51.1 Å². The number of hydrogen-bond acceptors (Lipinski definition) is 4. The van der Waals surface area contributed by atoms with E-state index >= 15 is 0 Å². The highest BCUT2D eigenvalue weighted by atomic mass is 16.4. The molecule has 2 rings (SSSR count). The third-order valence-electron chi connectivity index (χ3n) is 5.02. The van der Waals surface area contributed by atoms with E-state index < -0.39 is 29.8 Å². The highest BCUT2D eigenvalue weighted by molar-refractivity contribution is 5.66. The number of aliphatic hydroxyl groups is 1. The molecule has 0 fully saturated rings. The number of phenols is 1. The molecule has 0 heterocycles. The predicted molar refractivity (Wildman–Crippen MR) is 114 cm³/mol. The summed E-state index contributed by atoms with van der Waals surface area (Å²) < 4.78 is 0. The molecule has 5 N–H and O–H groups in total. The van der Waals surface area contributed by atoms with Crippen molar-refractivity contribution in [2.45, 2.75) is 63.8 Å². The van der Waals surface area contributed by atoms with Crippen molar-refractivity contribution in [3.05, 3.63) is 65.7 Å². The van der Waals surface area contributed by atoms with E-state index in [2.05, 4.69) is 0 Å². The molecule has 0 unspecified atom stereocenters. The van der Waals surface area contributed by atoms with E-state index in [9.17, 15) is 20.1 Å². The standard InChI is InChI=1S/C23H32N2O4/c1-23(2,3)25(22(28)29)18(13-16-7-5-4-6-8-16)15-21(27)20(24)14-17-9-11-19(26)12-10-17/h4-12,18,20-21,26-27H,13-15,24H2,1-3H3,(H,28,29)/t18-,20-,21-/m0/s1. The Bertz CT molecular complexity index is 772. The SMILES string of the molecule is CC(C)(C)N(C(=O)O)[C@@H](Cc1ccccc1)C[C@H](O)[C@@H](N)Cc1ccc(O)cc1. The van der Waals surface area contributed by atoms with Gasteiger partial charge in [-0.1, -0.05) is 42.5 Å². The van der Waals surface area contributed by atoms with Gasteiger partial charge in [0.15, 0.2) is 0 Å². The Morgan fingerprint density at radius 2 is 1.55 bits per heavy atom. The highest BCUT2D eigenvalue weighted by Gasteiger charge is 2.35. The average Bonchev–Trinajstić information content (AvgIpc) is 2.62. The lowest BCUT2D eigenvalue weighted by Crippen LogP contribution is -2.54. The maximum Gasteiger partial charge on any atom is 0.407 e. The summed E-state index contributed by atoms with van der Waals surface area (Å²) in [5, 5.41) is 30.1. The third-order valence-corrected chi connectivity index (χ3v) is 5.02. The van der Waals surface area contributed by atoms with Gasteiger partial charge >= 0.3 is 6.09 Å². The van der Waals surface area contributed by atoms with Gasteiger partial charge in [-0.25, -0.2) is 4.79 Å². The van der Waals surface area contributed by atoms with Crippen LogP contribution in [0, 0.1) is 0 Å². The zero-order chi connectivity index (χ0) is 21.6. The largest absolute Gasteiger partial charge is 0.508 e. The molecule has 2 aromatic carbocycles. The molecule has 2 aromatic rings. The van der Waals surface area contributed by atoms with Gasteiger partial charge < -0.3 is 26.0 Å². The number of amides is 1. The molecule has 6 heteroatoms. The molecule has 0 aliphatic heterocycles. The Labute approximate surface area is 172 Å². The Morgan fingerprint density at radius 3 is 2.07 bits per heavy atom. The zero-order valence-corrected chi connectivity index (χ0v) is 17.3. The molecule has 29 heavy (non-hydrogen) atoms. The predicted octanol–water partition coefficient (Wildman–Crippen LogP) is 3.40. The smallest absolute Gasteiger partial charge is 0.407 e. The van der Waals surface area contributed by atoms with Crippen molar-refractivity contribution in [1.82, 2.24) is 4.90 Å². The minimum Gasteiger partial charge on any atom is -0.508 e. The Kier molecular flexibility index (Phi) is 7.65. The van der Waals surface area contributed by atoms with Crippen LogP contribution in [0.25, 0.3) is 0 Å². The molecule has 0 saturated heterocycles. The average molecular weight is 401 g/mol. The minimum absolute atomic E-state index is 0.174. The van der Waals surface area contributed by atoms with Crippen LogP contribution in [0.2, 0.25) is 0 Å². The number of nitrogens with zero attached hydrogens (tertiary/aromatic N) is 1. The number of benzene rings is 2. The topological polar surface area (TPSA) is 107 Å².